The van der Waals surface area contributed by atoms with E-state index in [9.17, 15) is 29.7 Å². The molecule has 4 fully saturated rings. The summed E-state index contributed by atoms with van der Waals surface area (Å²) in [7, 11) is 0. The van der Waals surface area contributed by atoms with E-state index >= 15 is 4.79 Å². The Bertz CT molecular complexity index is 1940. The zero-order valence-corrected chi connectivity index (χ0v) is 38.3. The maximum Gasteiger partial charge on any atom is 0.327 e. The third-order valence-electron chi connectivity index (χ3n) is 12.7. The lowest BCUT2D eigenvalue weighted by molar-refractivity contribution is -0.224. The molecule has 0 spiro atoms. The van der Waals surface area contributed by atoms with Crippen LogP contribution in [0.1, 0.15) is 129 Å². The molecule has 1 aliphatic carbocycles. The van der Waals surface area contributed by atoms with Crippen molar-refractivity contribution in [3.8, 4) is 5.75 Å². The Morgan fingerprint density at radius 1 is 0.969 bits per heavy atom. The number of nitrogens with zero attached hydrogens (tertiary/aromatic N) is 1. The Balaban J connectivity index is 1.27. The molecule has 3 saturated heterocycles. The zero-order chi connectivity index (χ0) is 46.2. The van der Waals surface area contributed by atoms with Crippen LogP contribution < -0.4 is 10.6 Å². The standard InChI is InChI=1S/C49H69N3O12/c1-7-9-13-26-48(27-14-10-8-2)62-40-37-28-49(46(59)51-39(31(3)54)44(57)50-35(30-53)24-25-38(56)61-47(4,5)6)42(45(58)60-37)52(64-43(49)41(40)63-48)29-33-22-20-32(21-23-33)16-15-18-34-17-11-12-19-36(34)55/h11-12,15-17,19-23,31,35,37,39-43,53-55H,7-10,13-14,18,24-30H2,1-6H3,(H,50,57)(H,51,59)/t31-,35-,37?,39+,40-,41-,42-,43+,49?/m0/s1. The highest BCUT2D eigenvalue weighted by atomic mass is 16.8. The lowest BCUT2D eigenvalue weighted by atomic mass is 9.62. The van der Waals surface area contributed by atoms with Gasteiger partial charge in [-0.1, -0.05) is 94.1 Å². The summed E-state index contributed by atoms with van der Waals surface area (Å²) in [5.41, 5.74) is 0.185. The maximum atomic E-state index is 15.2. The predicted octanol–water partition coefficient (Wildman–Crippen LogP) is 5.55. The topological polar surface area (TPSA) is 202 Å². The van der Waals surface area contributed by atoms with Crippen LogP contribution in [0.25, 0.3) is 6.08 Å². The van der Waals surface area contributed by atoms with Gasteiger partial charge in [-0.3, -0.25) is 24.0 Å². The van der Waals surface area contributed by atoms with Crippen molar-refractivity contribution in [3.05, 3.63) is 71.3 Å². The van der Waals surface area contributed by atoms with Crippen molar-refractivity contribution in [3.63, 3.8) is 0 Å². The number of ether oxygens (including phenoxy) is 4. The smallest absolute Gasteiger partial charge is 0.327 e. The highest BCUT2D eigenvalue weighted by Crippen LogP contribution is 2.58. The van der Waals surface area contributed by atoms with Crippen LogP contribution in [-0.2, 0) is 55.9 Å². The van der Waals surface area contributed by atoms with Crippen molar-refractivity contribution in [2.45, 2.75) is 185 Å². The number of para-hydroxylation sites is 1. The van der Waals surface area contributed by atoms with E-state index in [1.807, 2.05) is 48.6 Å². The summed E-state index contributed by atoms with van der Waals surface area (Å²) in [6.07, 6.45) is 6.56. The van der Waals surface area contributed by atoms with Gasteiger partial charge < -0.3 is 44.9 Å². The van der Waals surface area contributed by atoms with E-state index in [1.54, 1.807) is 32.9 Å². The summed E-state index contributed by atoms with van der Waals surface area (Å²) in [6, 6.07) is 11.2. The molecule has 2 aromatic carbocycles. The lowest BCUT2D eigenvalue weighted by Crippen LogP contribution is -2.71. The predicted molar refractivity (Wildman–Crippen MR) is 237 cm³/mol. The number of hydroxylamine groups is 2. The van der Waals surface area contributed by atoms with Gasteiger partial charge in [0, 0.05) is 25.7 Å². The number of hydrogen-bond donors (Lipinski definition) is 5. The van der Waals surface area contributed by atoms with Crippen LogP contribution in [0.4, 0.5) is 0 Å². The fourth-order valence-corrected chi connectivity index (χ4v) is 9.48. The van der Waals surface area contributed by atoms with Gasteiger partial charge in [0.1, 0.15) is 47.2 Å². The number of amides is 2. The van der Waals surface area contributed by atoms with Gasteiger partial charge in [0.25, 0.3) is 0 Å². The minimum atomic E-state index is -1.63. The number of phenolic OH excluding ortho intramolecular Hbond substituents is 1. The average molecular weight is 892 g/mol. The summed E-state index contributed by atoms with van der Waals surface area (Å²) in [5.74, 6) is -3.38. The van der Waals surface area contributed by atoms with Gasteiger partial charge in [-0.15, -0.1) is 0 Å². The molecule has 0 radical (unpaired) electrons. The maximum absolute atomic E-state index is 15.2. The molecule has 0 aromatic heterocycles. The number of hydrogen-bond acceptors (Lipinski definition) is 13. The van der Waals surface area contributed by atoms with Gasteiger partial charge in [-0.2, -0.15) is 5.06 Å². The summed E-state index contributed by atoms with van der Waals surface area (Å²) >= 11 is 0. The normalized spacial score (nSPS) is 26.2. The first kappa shape index (κ1) is 49.1. The van der Waals surface area contributed by atoms with Crippen LogP contribution in [0.15, 0.2) is 54.6 Å². The van der Waals surface area contributed by atoms with E-state index in [1.165, 1.54) is 12.0 Å². The molecule has 2 unspecified atom stereocenters. The highest BCUT2D eigenvalue weighted by Gasteiger charge is 2.76. The number of aliphatic hydroxyl groups excluding tert-OH is 2. The number of carbonyl (C=O) groups is 4. The number of allylic oxidation sites excluding steroid dienone is 1. The van der Waals surface area contributed by atoms with Gasteiger partial charge >= 0.3 is 11.9 Å². The van der Waals surface area contributed by atoms with Crippen molar-refractivity contribution in [2.75, 3.05) is 6.61 Å². The van der Waals surface area contributed by atoms with Crippen LogP contribution in [0.3, 0.4) is 0 Å². The van der Waals surface area contributed by atoms with Gasteiger partial charge in [0.05, 0.1) is 25.3 Å². The largest absolute Gasteiger partial charge is 0.508 e. The fraction of sp³-hybridized carbons (Fsp3) is 0.633. The SMILES string of the molecule is CCCCCC1(CCCCC)O[C@@H]2[C@H]3ON(Cc4ccc(C=CCc5ccccc5O)cc4)[C@H]4C(=O)OC(CC34C(=O)N[C@@H](C(=O)N[C@H](CO)CCC(=O)OC(C)(C)C)[C@H](C)O)[C@@H]2O1. The summed E-state index contributed by atoms with van der Waals surface area (Å²) in [5, 5.41) is 38.2. The Hall–Kier alpha value is -4.38. The molecule has 2 aromatic rings. The third-order valence-corrected chi connectivity index (χ3v) is 12.7. The Morgan fingerprint density at radius 2 is 1.64 bits per heavy atom. The molecule has 4 aliphatic rings. The summed E-state index contributed by atoms with van der Waals surface area (Å²) in [4.78, 5) is 62.6. The van der Waals surface area contributed by atoms with Crippen LogP contribution in [0.2, 0.25) is 0 Å². The van der Waals surface area contributed by atoms with E-state index in [2.05, 4.69) is 24.5 Å². The second-order valence-electron chi connectivity index (χ2n) is 18.9. The van der Waals surface area contributed by atoms with E-state index in [0.717, 1.165) is 55.2 Å². The molecule has 352 valence electrons. The number of unbranched alkanes of at least 4 members (excludes halogenated alkanes) is 4. The molecule has 6 rings (SSSR count). The van der Waals surface area contributed by atoms with Crippen molar-refractivity contribution >= 4 is 29.8 Å². The second kappa shape index (κ2) is 21.3. The van der Waals surface area contributed by atoms with E-state index in [-0.39, 0.29) is 31.6 Å². The van der Waals surface area contributed by atoms with E-state index in [4.69, 9.17) is 23.8 Å². The highest BCUT2D eigenvalue weighted by molar-refractivity contribution is 5.96. The van der Waals surface area contributed by atoms with Gasteiger partial charge in [0.2, 0.25) is 11.8 Å². The summed E-state index contributed by atoms with van der Waals surface area (Å²) < 4.78 is 25.4. The molecule has 5 N–H and O–H groups in total. The monoisotopic (exact) mass is 891 g/mol. The zero-order valence-electron chi connectivity index (χ0n) is 38.3. The van der Waals surface area contributed by atoms with Crippen molar-refractivity contribution in [1.82, 2.24) is 15.7 Å². The van der Waals surface area contributed by atoms with Gasteiger partial charge in [-0.25, -0.2) is 0 Å². The number of benzene rings is 2. The molecule has 1 saturated carbocycles. The molecule has 2 amide bonds. The Labute approximate surface area is 377 Å². The third kappa shape index (κ3) is 11.3. The number of rotatable bonds is 22. The summed E-state index contributed by atoms with van der Waals surface area (Å²) in [6.45, 7) is 10.4. The van der Waals surface area contributed by atoms with Crippen molar-refractivity contribution < 1.29 is 58.3 Å². The number of fused-ring (bicyclic) bond motifs is 4. The van der Waals surface area contributed by atoms with E-state index < -0.39 is 95.8 Å². The van der Waals surface area contributed by atoms with Crippen LogP contribution in [-0.4, -0.2) is 111 Å². The molecule has 2 bridgehead atoms. The number of phenols is 1. The molecule has 64 heavy (non-hydrogen) atoms. The van der Waals surface area contributed by atoms with E-state index in [0.29, 0.717) is 19.3 Å². The van der Waals surface area contributed by atoms with Crippen LogP contribution in [0, 0.1) is 5.41 Å². The molecule has 9 atom stereocenters. The Morgan fingerprint density at radius 3 is 2.27 bits per heavy atom. The van der Waals surface area contributed by atoms with Crippen LogP contribution >= 0.6 is 0 Å². The van der Waals surface area contributed by atoms with Crippen molar-refractivity contribution in [1.29, 1.82) is 0 Å². The molecule has 15 heteroatoms. The van der Waals surface area contributed by atoms with Gasteiger partial charge in [-0.05, 0) is 76.1 Å². The minimum Gasteiger partial charge on any atom is -0.508 e. The lowest BCUT2D eigenvalue weighted by Gasteiger charge is -2.49. The number of aliphatic hydroxyl groups is 2. The number of carbonyl (C=O) groups excluding carboxylic acids is 4. The second-order valence-corrected chi connectivity index (χ2v) is 18.9. The quantitative estimate of drug-likeness (QED) is 0.0728. The molecule has 15 nitrogen and oxygen atoms in total. The molecule has 3 aliphatic heterocycles. The van der Waals surface area contributed by atoms with Gasteiger partial charge in [0.15, 0.2) is 11.8 Å². The number of aromatic hydroxyl groups is 1. The molecule has 3 heterocycles. The number of nitrogens with one attached hydrogen (secondary N) is 2. The first-order valence-electron chi connectivity index (χ1n) is 23.2. The van der Waals surface area contributed by atoms with Crippen LogP contribution in [0.5, 0.6) is 5.75 Å². The molecular weight excluding hydrogens is 823 g/mol. The first-order valence-corrected chi connectivity index (χ1v) is 23.2. The Kier molecular flexibility index (Phi) is 16.3. The first-order chi connectivity index (χ1) is 30.5. The molecular formula is C49H69N3O12. The van der Waals surface area contributed by atoms with Crippen molar-refractivity contribution in [2.24, 2.45) is 5.41 Å². The fourth-order valence-electron chi connectivity index (χ4n) is 9.48. The minimum absolute atomic E-state index is 0.0188. The average Bonchev–Trinajstić information content (AvgIpc) is 3.80. The number of esters is 2.